The van der Waals surface area contributed by atoms with Crippen molar-refractivity contribution in [2.75, 3.05) is 12.4 Å². The van der Waals surface area contributed by atoms with Gasteiger partial charge < -0.3 is 14.8 Å². The highest BCUT2D eigenvalue weighted by Gasteiger charge is 2.18. The van der Waals surface area contributed by atoms with Crippen LogP contribution in [-0.2, 0) is 4.74 Å². The summed E-state index contributed by atoms with van der Waals surface area (Å²) < 4.78 is 12.7. The first kappa shape index (κ1) is 22.6. The number of carbonyl (C=O) groups is 1. The summed E-state index contributed by atoms with van der Waals surface area (Å²) in [4.78, 5) is 12.4. The van der Waals surface area contributed by atoms with E-state index in [0.717, 1.165) is 39.0 Å². The van der Waals surface area contributed by atoms with Gasteiger partial charge in [0.05, 0.1) is 30.2 Å². The Bertz CT molecular complexity index is 1290. The van der Waals surface area contributed by atoms with E-state index in [9.17, 15) is 4.79 Å². The molecule has 0 fully saturated rings. The van der Waals surface area contributed by atoms with E-state index in [1.807, 2.05) is 79.4 Å². The summed E-state index contributed by atoms with van der Waals surface area (Å²) >= 11 is 1.61. The Hall–Kier alpha value is -3.58. The second-order valence-electron chi connectivity index (χ2n) is 8.10. The average Bonchev–Trinajstić information content (AvgIpc) is 3.40. The fraction of sp³-hybridized carbons (Fsp3) is 0.231. The number of hydrogen-bond donors (Lipinski definition) is 1. The zero-order chi connectivity index (χ0) is 23.5. The fourth-order valence-electron chi connectivity index (χ4n) is 3.53. The molecule has 2 heterocycles. The van der Waals surface area contributed by atoms with Crippen LogP contribution in [0.4, 0.5) is 11.5 Å². The van der Waals surface area contributed by atoms with Crippen molar-refractivity contribution in [1.29, 1.82) is 0 Å². The van der Waals surface area contributed by atoms with E-state index >= 15 is 0 Å². The predicted octanol–water partition coefficient (Wildman–Crippen LogP) is 6.54. The number of aromatic nitrogens is 2. The largest absolute Gasteiger partial charge is 0.491 e. The summed E-state index contributed by atoms with van der Waals surface area (Å²) in [6.45, 7) is 8.01. The van der Waals surface area contributed by atoms with Gasteiger partial charge >= 0.3 is 5.97 Å². The second-order valence-corrected chi connectivity index (χ2v) is 8.99. The van der Waals surface area contributed by atoms with Crippen molar-refractivity contribution in [1.82, 2.24) is 9.78 Å². The third-order valence-corrected chi connectivity index (χ3v) is 6.07. The minimum atomic E-state index is -0.390. The van der Waals surface area contributed by atoms with Crippen LogP contribution in [-0.4, -0.2) is 29.0 Å². The predicted molar refractivity (Wildman–Crippen MR) is 133 cm³/mol. The molecule has 0 aliphatic rings. The lowest BCUT2D eigenvalue weighted by Gasteiger charge is -2.13. The van der Waals surface area contributed by atoms with E-state index in [1.165, 1.54) is 7.11 Å². The highest BCUT2D eigenvalue weighted by atomic mass is 32.1. The third-order valence-electron chi connectivity index (χ3n) is 5.08. The maximum atomic E-state index is 12.4. The van der Waals surface area contributed by atoms with Crippen molar-refractivity contribution in [3.63, 3.8) is 0 Å². The lowest BCUT2D eigenvalue weighted by atomic mass is 10.1. The molecule has 2 aromatic carbocycles. The standard InChI is InChI=1S/C26H27N3O3S/c1-16(2)32-20-8-6-7-19(14-20)23-15-24(29(28-23)25-18(4)11-12-33-25)27-22-10-9-17(3)13-21(22)26(30)31-5/h6-16,27H,1-5H3. The quantitative estimate of drug-likeness (QED) is 0.317. The molecule has 4 rings (SSSR count). The van der Waals surface area contributed by atoms with Crippen molar-refractivity contribution >= 4 is 28.8 Å². The summed E-state index contributed by atoms with van der Waals surface area (Å²) in [6, 6.07) is 17.6. The molecule has 0 amide bonds. The molecule has 4 aromatic rings. The lowest BCUT2D eigenvalue weighted by Crippen LogP contribution is -2.08. The molecule has 0 saturated heterocycles. The minimum absolute atomic E-state index is 0.0853. The van der Waals surface area contributed by atoms with Gasteiger partial charge in [-0.3, -0.25) is 0 Å². The molecule has 0 bridgehead atoms. The first-order valence-corrected chi connectivity index (χ1v) is 11.6. The maximum absolute atomic E-state index is 12.4. The van der Waals surface area contributed by atoms with Gasteiger partial charge in [0.2, 0.25) is 0 Å². The van der Waals surface area contributed by atoms with Crippen LogP contribution in [0.3, 0.4) is 0 Å². The van der Waals surface area contributed by atoms with Gasteiger partial charge in [0, 0.05) is 11.6 Å². The summed E-state index contributed by atoms with van der Waals surface area (Å²) in [6.07, 6.45) is 0.0853. The number of aryl methyl sites for hydroxylation is 2. The van der Waals surface area contributed by atoms with Gasteiger partial charge in [-0.2, -0.15) is 5.10 Å². The average molecular weight is 462 g/mol. The number of esters is 1. The van der Waals surface area contributed by atoms with Crippen LogP contribution in [0.1, 0.15) is 35.3 Å². The van der Waals surface area contributed by atoms with Gasteiger partial charge in [-0.05, 0) is 69.0 Å². The first-order chi connectivity index (χ1) is 15.9. The number of anilines is 2. The van der Waals surface area contributed by atoms with Crippen molar-refractivity contribution < 1.29 is 14.3 Å². The van der Waals surface area contributed by atoms with E-state index < -0.39 is 5.97 Å². The van der Waals surface area contributed by atoms with Crippen LogP contribution in [0.2, 0.25) is 0 Å². The molecule has 0 atom stereocenters. The lowest BCUT2D eigenvalue weighted by molar-refractivity contribution is 0.0602. The van der Waals surface area contributed by atoms with Gasteiger partial charge in [0.1, 0.15) is 16.6 Å². The normalized spacial score (nSPS) is 11.0. The molecule has 0 saturated carbocycles. The molecule has 0 unspecified atom stereocenters. The van der Waals surface area contributed by atoms with Crippen LogP contribution >= 0.6 is 11.3 Å². The van der Waals surface area contributed by atoms with Crippen molar-refractivity contribution in [2.45, 2.75) is 33.8 Å². The Morgan fingerprint density at radius 3 is 2.61 bits per heavy atom. The number of carbonyl (C=O) groups excluding carboxylic acids is 1. The number of benzene rings is 2. The number of ether oxygens (including phenoxy) is 2. The summed E-state index contributed by atoms with van der Waals surface area (Å²) in [5.74, 6) is 1.16. The molecule has 0 spiro atoms. The Labute approximate surface area is 197 Å². The van der Waals surface area contributed by atoms with E-state index in [4.69, 9.17) is 14.6 Å². The van der Waals surface area contributed by atoms with Crippen molar-refractivity contribution in [3.05, 3.63) is 76.7 Å². The van der Waals surface area contributed by atoms with Crippen LogP contribution in [0, 0.1) is 13.8 Å². The first-order valence-electron chi connectivity index (χ1n) is 10.7. The number of rotatable bonds is 7. The van der Waals surface area contributed by atoms with Crippen LogP contribution in [0.5, 0.6) is 5.75 Å². The van der Waals surface area contributed by atoms with E-state index in [0.29, 0.717) is 11.3 Å². The van der Waals surface area contributed by atoms with Gasteiger partial charge in [0.25, 0.3) is 0 Å². The highest BCUT2D eigenvalue weighted by molar-refractivity contribution is 7.12. The van der Waals surface area contributed by atoms with Gasteiger partial charge in [-0.15, -0.1) is 11.3 Å². The molecule has 7 heteroatoms. The minimum Gasteiger partial charge on any atom is -0.491 e. The molecule has 0 aliphatic carbocycles. The Balaban J connectivity index is 1.80. The zero-order valence-corrected chi connectivity index (χ0v) is 20.2. The zero-order valence-electron chi connectivity index (χ0n) is 19.4. The number of nitrogens with zero attached hydrogens (tertiary/aromatic N) is 2. The van der Waals surface area contributed by atoms with Crippen molar-refractivity contribution in [2.24, 2.45) is 0 Å². The monoisotopic (exact) mass is 461 g/mol. The Morgan fingerprint density at radius 2 is 1.91 bits per heavy atom. The fourth-order valence-corrected chi connectivity index (χ4v) is 4.43. The van der Waals surface area contributed by atoms with Crippen LogP contribution in [0.25, 0.3) is 16.3 Å². The van der Waals surface area contributed by atoms with E-state index in [2.05, 4.69) is 18.3 Å². The number of thiophene rings is 1. The highest BCUT2D eigenvalue weighted by Crippen LogP contribution is 2.33. The van der Waals surface area contributed by atoms with E-state index in [1.54, 1.807) is 11.3 Å². The summed E-state index contributed by atoms with van der Waals surface area (Å²) in [7, 11) is 1.39. The number of hydrogen-bond acceptors (Lipinski definition) is 6. The third kappa shape index (κ3) is 4.93. The topological polar surface area (TPSA) is 65.4 Å². The SMILES string of the molecule is COC(=O)c1cc(C)ccc1Nc1cc(-c2cccc(OC(C)C)c2)nn1-c1sccc1C. The van der Waals surface area contributed by atoms with Gasteiger partial charge in [-0.1, -0.05) is 23.8 Å². The molecule has 33 heavy (non-hydrogen) atoms. The summed E-state index contributed by atoms with van der Waals surface area (Å²) in [5.41, 5.74) is 4.97. The number of methoxy groups -OCH3 is 1. The molecule has 170 valence electrons. The van der Waals surface area contributed by atoms with E-state index in [-0.39, 0.29) is 6.10 Å². The molecule has 0 aliphatic heterocycles. The maximum Gasteiger partial charge on any atom is 0.339 e. The molecule has 0 radical (unpaired) electrons. The summed E-state index contributed by atoms with van der Waals surface area (Å²) in [5, 5.41) is 11.4. The van der Waals surface area contributed by atoms with Gasteiger partial charge in [0.15, 0.2) is 0 Å². The van der Waals surface area contributed by atoms with Crippen LogP contribution in [0.15, 0.2) is 60.0 Å². The molecule has 2 aromatic heterocycles. The van der Waals surface area contributed by atoms with Crippen LogP contribution < -0.4 is 10.1 Å². The number of nitrogens with one attached hydrogen (secondary N) is 1. The molecule has 1 N–H and O–H groups in total. The second kappa shape index (κ2) is 9.50. The molecular formula is C26H27N3O3S. The Kier molecular flexibility index (Phi) is 6.51. The molecule has 6 nitrogen and oxygen atoms in total. The van der Waals surface area contributed by atoms with Gasteiger partial charge in [-0.25, -0.2) is 9.48 Å². The Morgan fingerprint density at radius 1 is 1.09 bits per heavy atom. The smallest absolute Gasteiger partial charge is 0.339 e. The van der Waals surface area contributed by atoms with Crippen molar-refractivity contribution in [3.8, 4) is 22.0 Å². The molecular weight excluding hydrogens is 434 g/mol.